The molecule has 0 unspecified atom stereocenters. The number of nitrogens with one attached hydrogen (secondary N) is 1. The molecule has 1 aliphatic heterocycles. The zero-order valence-corrected chi connectivity index (χ0v) is 15.3. The number of halogens is 2. The molecule has 5 nitrogen and oxygen atoms in total. The minimum Gasteiger partial charge on any atom is -0.480 e. The number of carbonyl (C=O) groups is 1. The quantitative estimate of drug-likeness (QED) is 0.712. The average molecular weight is 388 g/mol. The molecule has 27 heavy (non-hydrogen) atoms. The van der Waals surface area contributed by atoms with Crippen LogP contribution in [0.2, 0.25) is 5.02 Å². The summed E-state index contributed by atoms with van der Waals surface area (Å²) in [7, 11) is 0. The maximum atomic E-state index is 13.1. The van der Waals surface area contributed by atoms with Gasteiger partial charge in [-0.15, -0.1) is 0 Å². The van der Waals surface area contributed by atoms with Crippen molar-refractivity contribution in [2.24, 2.45) is 0 Å². The average Bonchev–Trinajstić information content (AvgIpc) is 3.06. The van der Waals surface area contributed by atoms with Gasteiger partial charge in [0.2, 0.25) is 0 Å². The van der Waals surface area contributed by atoms with Crippen molar-refractivity contribution >= 4 is 34.2 Å². The lowest BCUT2D eigenvalue weighted by Gasteiger charge is -2.38. The number of aliphatic carboxylic acids is 1. The van der Waals surface area contributed by atoms with Crippen molar-refractivity contribution in [3.8, 4) is 0 Å². The van der Waals surface area contributed by atoms with E-state index in [-0.39, 0.29) is 5.82 Å². The lowest BCUT2D eigenvalue weighted by Crippen LogP contribution is -2.49. The van der Waals surface area contributed by atoms with Crippen LogP contribution in [0.4, 0.5) is 10.1 Å². The first-order valence-corrected chi connectivity index (χ1v) is 9.14. The molecule has 0 bridgehead atoms. The van der Waals surface area contributed by atoms with E-state index in [1.165, 1.54) is 12.1 Å². The van der Waals surface area contributed by atoms with E-state index in [0.717, 1.165) is 22.2 Å². The van der Waals surface area contributed by atoms with Gasteiger partial charge in [0.25, 0.3) is 0 Å². The van der Waals surface area contributed by atoms with Crippen molar-refractivity contribution in [2.75, 3.05) is 31.1 Å². The first-order chi connectivity index (χ1) is 13.0. The van der Waals surface area contributed by atoms with Gasteiger partial charge in [-0.25, -0.2) is 4.39 Å². The smallest absolute Gasteiger partial charge is 0.325 e. The highest BCUT2D eigenvalue weighted by atomic mass is 35.5. The van der Waals surface area contributed by atoms with Crippen LogP contribution in [0, 0.1) is 5.82 Å². The molecular weight excluding hydrogens is 369 g/mol. The molecule has 1 aliphatic rings. The highest BCUT2D eigenvalue weighted by molar-refractivity contribution is 6.31. The Balaban J connectivity index is 1.56. The van der Waals surface area contributed by atoms with E-state index in [9.17, 15) is 14.3 Å². The molecule has 0 aliphatic carbocycles. The standard InChI is InChI=1S/C20H19ClFN3O2/c21-13-1-6-18-16(11-13)17(12-23-18)19(20(26)27)25-9-7-24(8-10-25)15-4-2-14(22)3-5-15/h1-6,11-12,19,23H,7-10H2,(H,26,27)/t19-/m1/s1. The number of piperazine rings is 1. The number of aromatic amines is 1. The number of nitrogens with zero attached hydrogens (tertiary/aromatic N) is 2. The Morgan fingerprint density at radius 2 is 1.81 bits per heavy atom. The van der Waals surface area contributed by atoms with Crippen molar-refractivity contribution in [3.05, 3.63) is 65.1 Å². The SMILES string of the molecule is O=C(O)[C@@H](c1c[nH]c2ccc(Cl)cc12)N1CCN(c2ccc(F)cc2)CC1. The summed E-state index contributed by atoms with van der Waals surface area (Å²) in [5, 5.41) is 11.3. The topological polar surface area (TPSA) is 59.6 Å². The Kier molecular flexibility index (Phi) is 4.76. The van der Waals surface area contributed by atoms with Gasteiger partial charge in [0, 0.05) is 59.6 Å². The zero-order valence-electron chi connectivity index (χ0n) is 14.5. The van der Waals surface area contributed by atoms with Gasteiger partial charge >= 0.3 is 5.97 Å². The minimum atomic E-state index is -0.883. The third kappa shape index (κ3) is 3.50. The molecule has 2 aromatic carbocycles. The number of aromatic nitrogens is 1. The summed E-state index contributed by atoms with van der Waals surface area (Å²) in [4.78, 5) is 19.3. The summed E-state index contributed by atoms with van der Waals surface area (Å²) in [5.41, 5.74) is 2.53. The number of carboxylic acid groups (broad SMARTS) is 1. The number of hydrogen-bond acceptors (Lipinski definition) is 3. The fourth-order valence-electron chi connectivity index (χ4n) is 3.72. The summed E-state index contributed by atoms with van der Waals surface area (Å²) in [6, 6.07) is 11.1. The number of benzene rings is 2. The number of H-pyrrole nitrogens is 1. The largest absolute Gasteiger partial charge is 0.480 e. The molecule has 1 aromatic heterocycles. The Hall–Kier alpha value is -2.57. The van der Waals surface area contributed by atoms with E-state index in [4.69, 9.17) is 11.6 Å². The van der Waals surface area contributed by atoms with Crippen LogP contribution >= 0.6 is 11.6 Å². The van der Waals surface area contributed by atoms with E-state index in [0.29, 0.717) is 31.2 Å². The molecule has 1 saturated heterocycles. The molecule has 7 heteroatoms. The summed E-state index contributed by atoms with van der Waals surface area (Å²) >= 11 is 6.11. The highest BCUT2D eigenvalue weighted by Gasteiger charge is 2.32. The van der Waals surface area contributed by atoms with Crippen LogP contribution in [0.5, 0.6) is 0 Å². The van der Waals surface area contributed by atoms with Crippen molar-refractivity contribution in [2.45, 2.75) is 6.04 Å². The molecular formula is C20H19ClFN3O2. The maximum absolute atomic E-state index is 13.1. The molecule has 140 valence electrons. The Bertz CT molecular complexity index is 965. The van der Waals surface area contributed by atoms with Gasteiger partial charge in [0.05, 0.1) is 0 Å². The normalized spacial score (nSPS) is 16.6. The molecule has 0 spiro atoms. The van der Waals surface area contributed by atoms with E-state index >= 15 is 0 Å². The Morgan fingerprint density at radius 3 is 2.48 bits per heavy atom. The number of rotatable bonds is 4. The third-order valence-corrected chi connectivity index (χ3v) is 5.31. The lowest BCUT2D eigenvalue weighted by molar-refractivity contribution is -0.143. The fourth-order valence-corrected chi connectivity index (χ4v) is 3.89. The fraction of sp³-hybridized carbons (Fsp3) is 0.250. The van der Waals surface area contributed by atoms with Crippen molar-refractivity contribution in [1.82, 2.24) is 9.88 Å². The van der Waals surface area contributed by atoms with Crippen LogP contribution in [0.3, 0.4) is 0 Å². The van der Waals surface area contributed by atoms with Gasteiger partial charge in [-0.05, 0) is 42.5 Å². The number of anilines is 1. The number of hydrogen-bond donors (Lipinski definition) is 2. The van der Waals surface area contributed by atoms with Crippen LogP contribution < -0.4 is 4.90 Å². The highest BCUT2D eigenvalue weighted by Crippen LogP contribution is 2.31. The van der Waals surface area contributed by atoms with Gasteiger partial charge in [-0.1, -0.05) is 11.6 Å². The van der Waals surface area contributed by atoms with Crippen molar-refractivity contribution in [3.63, 3.8) is 0 Å². The van der Waals surface area contributed by atoms with Crippen LogP contribution in [0.25, 0.3) is 10.9 Å². The van der Waals surface area contributed by atoms with E-state index in [1.54, 1.807) is 30.5 Å². The molecule has 0 saturated carbocycles. The summed E-state index contributed by atoms with van der Waals surface area (Å²) < 4.78 is 13.1. The van der Waals surface area contributed by atoms with Crippen molar-refractivity contribution < 1.29 is 14.3 Å². The molecule has 4 rings (SSSR count). The molecule has 2 heterocycles. The van der Waals surface area contributed by atoms with Crippen LogP contribution in [0.1, 0.15) is 11.6 Å². The number of fused-ring (bicyclic) bond motifs is 1. The third-order valence-electron chi connectivity index (χ3n) is 5.08. The second kappa shape index (κ2) is 7.21. The predicted molar refractivity (Wildman–Crippen MR) is 104 cm³/mol. The summed E-state index contributed by atoms with van der Waals surface area (Å²) in [5.74, 6) is -1.15. The van der Waals surface area contributed by atoms with Gasteiger partial charge in [0.1, 0.15) is 11.9 Å². The molecule has 0 amide bonds. The number of carboxylic acids is 1. The first kappa shape index (κ1) is 17.8. The van der Waals surface area contributed by atoms with Crippen LogP contribution in [-0.4, -0.2) is 47.1 Å². The van der Waals surface area contributed by atoms with Gasteiger partial charge in [0.15, 0.2) is 0 Å². The van der Waals surface area contributed by atoms with E-state index in [1.807, 2.05) is 11.0 Å². The molecule has 1 fully saturated rings. The Labute approximate surface area is 161 Å². The van der Waals surface area contributed by atoms with Crippen LogP contribution in [-0.2, 0) is 4.79 Å². The molecule has 0 radical (unpaired) electrons. The van der Waals surface area contributed by atoms with E-state index in [2.05, 4.69) is 9.88 Å². The molecule has 3 aromatic rings. The van der Waals surface area contributed by atoms with Gasteiger partial charge in [-0.3, -0.25) is 9.69 Å². The van der Waals surface area contributed by atoms with Crippen molar-refractivity contribution in [1.29, 1.82) is 0 Å². The van der Waals surface area contributed by atoms with Crippen LogP contribution in [0.15, 0.2) is 48.7 Å². The molecule has 1 atom stereocenters. The lowest BCUT2D eigenvalue weighted by atomic mass is 10.0. The monoisotopic (exact) mass is 387 g/mol. The van der Waals surface area contributed by atoms with E-state index < -0.39 is 12.0 Å². The zero-order chi connectivity index (χ0) is 19.0. The van der Waals surface area contributed by atoms with Gasteiger partial charge in [-0.2, -0.15) is 0 Å². The second-order valence-corrected chi connectivity index (χ2v) is 7.11. The maximum Gasteiger partial charge on any atom is 0.325 e. The summed E-state index contributed by atoms with van der Waals surface area (Å²) in [6.45, 7) is 2.56. The van der Waals surface area contributed by atoms with Gasteiger partial charge < -0.3 is 15.0 Å². The Morgan fingerprint density at radius 1 is 1.11 bits per heavy atom. The first-order valence-electron chi connectivity index (χ1n) is 8.77. The second-order valence-electron chi connectivity index (χ2n) is 6.67. The predicted octanol–water partition coefficient (Wildman–Crippen LogP) is 3.91. The summed E-state index contributed by atoms with van der Waals surface area (Å²) in [6.07, 6.45) is 1.76. The molecule has 2 N–H and O–H groups in total. The minimum absolute atomic E-state index is 0.263.